The van der Waals surface area contributed by atoms with Gasteiger partial charge in [0.2, 0.25) is 0 Å². The van der Waals surface area contributed by atoms with Crippen LogP contribution in [0.25, 0.3) is 0 Å². The minimum Gasteiger partial charge on any atom is -0.495 e. The zero-order valence-electron chi connectivity index (χ0n) is 9.85. The molecule has 1 fully saturated rings. The molecule has 88 valence electrons. The monoisotopic (exact) mass is 239 g/mol. The van der Waals surface area contributed by atoms with Gasteiger partial charge in [0.05, 0.1) is 12.1 Å². The van der Waals surface area contributed by atoms with Gasteiger partial charge in [0.15, 0.2) is 0 Å². The van der Waals surface area contributed by atoms with Crippen LogP contribution in [0.3, 0.4) is 0 Å². The summed E-state index contributed by atoms with van der Waals surface area (Å²) in [5, 5.41) is 4.22. The lowest BCUT2D eigenvalue weighted by Crippen LogP contribution is -2.23. The molecule has 16 heavy (non-hydrogen) atoms. The highest BCUT2D eigenvalue weighted by atomic mass is 35.5. The third kappa shape index (κ3) is 2.50. The van der Waals surface area contributed by atoms with Gasteiger partial charge in [0.25, 0.3) is 0 Å². The maximum atomic E-state index is 6.14. The van der Waals surface area contributed by atoms with Crippen LogP contribution in [0.15, 0.2) is 12.1 Å². The van der Waals surface area contributed by atoms with E-state index in [0.29, 0.717) is 11.1 Å². The number of hydrogen-bond donors (Lipinski definition) is 1. The fourth-order valence-corrected chi connectivity index (χ4v) is 2.53. The highest BCUT2D eigenvalue weighted by Crippen LogP contribution is 2.29. The van der Waals surface area contributed by atoms with Crippen molar-refractivity contribution in [3.63, 3.8) is 0 Å². The fourth-order valence-electron chi connectivity index (χ4n) is 2.27. The molecule has 1 N–H and O–H groups in total. The Kier molecular flexibility index (Phi) is 3.72. The Hall–Kier alpha value is -0.730. The van der Waals surface area contributed by atoms with Gasteiger partial charge in [-0.2, -0.15) is 0 Å². The summed E-state index contributed by atoms with van der Waals surface area (Å²) in [4.78, 5) is 0. The van der Waals surface area contributed by atoms with E-state index in [4.69, 9.17) is 16.3 Å². The SMILES string of the molecule is COc1cc(C)c(CC2CCCN2)cc1Cl. The topological polar surface area (TPSA) is 21.3 Å². The number of ether oxygens (including phenoxy) is 1. The smallest absolute Gasteiger partial charge is 0.137 e. The molecular weight excluding hydrogens is 222 g/mol. The summed E-state index contributed by atoms with van der Waals surface area (Å²) < 4.78 is 5.20. The van der Waals surface area contributed by atoms with Gasteiger partial charge in [-0.05, 0) is 56.0 Å². The first kappa shape index (κ1) is 11.7. The van der Waals surface area contributed by atoms with E-state index in [1.54, 1.807) is 7.11 Å². The van der Waals surface area contributed by atoms with Crippen molar-refractivity contribution in [2.45, 2.75) is 32.2 Å². The quantitative estimate of drug-likeness (QED) is 0.876. The van der Waals surface area contributed by atoms with Gasteiger partial charge < -0.3 is 10.1 Å². The van der Waals surface area contributed by atoms with Crippen LogP contribution in [0.5, 0.6) is 5.75 Å². The Balaban J connectivity index is 2.17. The minimum atomic E-state index is 0.614. The van der Waals surface area contributed by atoms with Crippen LogP contribution in [0.1, 0.15) is 24.0 Å². The Bertz CT molecular complexity index is 372. The maximum Gasteiger partial charge on any atom is 0.137 e. The summed E-state index contributed by atoms with van der Waals surface area (Å²) in [5.74, 6) is 0.766. The lowest BCUT2D eigenvalue weighted by molar-refractivity contribution is 0.414. The van der Waals surface area contributed by atoms with Gasteiger partial charge in [-0.3, -0.25) is 0 Å². The molecule has 1 heterocycles. The molecule has 1 atom stereocenters. The Morgan fingerprint density at radius 3 is 2.94 bits per heavy atom. The number of hydrogen-bond acceptors (Lipinski definition) is 2. The van der Waals surface area contributed by atoms with Crippen molar-refractivity contribution >= 4 is 11.6 Å². The van der Waals surface area contributed by atoms with E-state index < -0.39 is 0 Å². The second-order valence-electron chi connectivity index (χ2n) is 4.41. The molecule has 2 rings (SSSR count). The minimum absolute atomic E-state index is 0.614. The molecule has 0 bridgehead atoms. The third-order valence-electron chi connectivity index (χ3n) is 3.24. The van der Waals surface area contributed by atoms with Crippen LogP contribution >= 0.6 is 11.6 Å². The first-order valence-corrected chi connectivity index (χ1v) is 6.15. The number of rotatable bonds is 3. The van der Waals surface area contributed by atoms with Gasteiger partial charge in [-0.1, -0.05) is 11.6 Å². The molecule has 0 amide bonds. The predicted octanol–water partition coefficient (Wildman–Crippen LogP) is 2.95. The number of benzene rings is 1. The number of halogens is 1. The lowest BCUT2D eigenvalue weighted by Gasteiger charge is -2.14. The normalized spacial score (nSPS) is 20.1. The molecule has 0 aliphatic carbocycles. The second kappa shape index (κ2) is 5.07. The number of aryl methyl sites for hydroxylation is 1. The van der Waals surface area contributed by atoms with Gasteiger partial charge in [0.1, 0.15) is 5.75 Å². The Morgan fingerprint density at radius 2 is 2.31 bits per heavy atom. The molecule has 1 unspecified atom stereocenters. The van der Waals surface area contributed by atoms with Crippen LogP contribution in [-0.4, -0.2) is 19.7 Å². The highest BCUT2D eigenvalue weighted by Gasteiger charge is 2.16. The molecule has 0 aromatic heterocycles. The summed E-state index contributed by atoms with van der Waals surface area (Å²) >= 11 is 6.14. The summed E-state index contributed by atoms with van der Waals surface area (Å²) in [6, 6.07) is 4.67. The molecule has 0 spiro atoms. The van der Waals surface area contributed by atoms with E-state index in [-0.39, 0.29) is 0 Å². The van der Waals surface area contributed by atoms with Crippen molar-refractivity contribution in [3.05, 3.63) is 28.3 Å². The summed E-state index contributed by atoms with van der Waals surface area (Å²) in [6.45, 7) is 3.26. The van der Waals surface area contributed by atoms with Crippen molar-refractivity contribution in [1.29, 1.82) is 0 Å². The van der Waals surface area contributed by atoms with E-state index in [2.05, 4.69) is 12.2 Å². The average molecular weight is 240 g/mol. The fraction of sp³-hybridized carbons (Fsp3) is 0.538. The van der Waals surface area contributed by atoms with E-state index >= 15 is 0 Å². The van der Waals surface area contributed by atoms with E-state index in [9.17, 15) is 0 Å². The number of methoxy groups -OCH3 is 1. The van der Waals surface area contributed by atoms with Crippen LogP contribution in [-0.2, 0) is 6.42 Å². The standard InChI is InChI=1S/C13H18ClNO/c1-9-6-13(16-2)12(14)8-10(9)7-11-4-3-5-15-11/h6,8,11,15H,3-5,7H2,1-2H3. The van der Waals surface area contributed by atoms with Crippen molar-refractivity contribution in [2.75, 3.05) is 13.7 Å². The first-order chi connectivity index (χ1) is 7.70. The molecule has 3 heteroatoms. The molecule has 1 aromatic carbocycles. The van der Waals surface area contributed by atoms with Gasteiger partial charge >= 0.3 is 0 Å². The van der Waals surface area contributed by atoms with Gasteiger partial charge in [-0.25, -0.2) is 0 Å². The average Bonchev–Trinajstić information content (AvgIpc) is 2.75. The molecule has 0 saturated carbocycles. The highest BCUT2D eigenvalue weighted by molar-refractivity contribution is 6.32. The number of nitrogens with one attached hydrogen (secondary N) is 1. The Labute approximate surface area is 102 Å². The lowest BCUT2D eigenvalue weighted by atomic mass is 10.00. The van der Waals surface area contributed by atoms with Crippen LogP contribution in [0.2, 0.25) is 5.02 Å². The molecule has 1 aromatic rings. The molecule has 1 aliphatic rings. The van der Waals surface area contributed by atoms with Gasteiger partial charge in [0, 0.05) is 6.04 Å². The second-order valence-corrected chi connectivity index (χ2v) is 4.82. The van der Waals surface area contributed by atoms with Crippen molar-refractivity contribution in [3.8, 4) is 5.75 Å². The summed E-state index contributed by atoms with van der Waals surface area (Å²) in [6.07, 6.45) is 3.62. The van der Waals surface area contributed by atoms with Crippen molar-refractivity contribution in [2.24, 2.45) is 0 Å². The maximum absolute atomic E-state index is 6.14. The van der Waals surface area contributed by atoms with Crippen LogP contribution in [0.4, 0.5) is 0 Å². The first-order valence-electron chi connectivity index (χ1n) is 5.77. The zero-order valence-corrected chi connectivity index (χ0v) is 10.6. The molecule has 0 radical (unpaired) electrons. The predicted molar refractivity (Wildman–Crippen MR) is 67.5 cm³/mol. The molecule has 1 aliphatic heterocycles. The van der Waals surface area contributed by atoms with Gasteiger partial charge in [-0.15, -0.1) is 0 Å². The molecular formula is C13H18ClNO. The molecule has 1 saturated heterocycles. The van der Waals surface area contributed by atoms with Crippen LogP contribution in [0, 0.1) is 6.92 Å². The summed E-state index contributed by atoms with van der Waals surface area (Å²) in [5.41, 5.74) is 2.58. The van der Waals surface area contributed by atoms with Crippen molar-refractivity contribution in [1.82, 2.24) is 5.32 Å². The Morgan fingerprint density at radius 1 is 1.50 bits per heavy atom. The summed E-state index contributed by atoms with van der Waals surface area (Å²) in [7, 11) is 1.65. The van der Waals surface area contributed by atoms with E-state index in [1.807, 2.05) is 12.1 Å². The van der Waals surface area contributed by atoms with E-state index in [1.165, 1.54) is 24.0 Å². The van der Waals surface area contributed by atoms with Crippen molar-refractivity contribution < 1.29 is 4.74 Å². The largest absolute Gasteiger partial charge is 0.495 e. The van der Waals surface area contributed by atoms with E-state index in [0.717, 1.165) is 18.7 Å². The molecule has 2 nitrogen and oxygen atoms in total. The van der Waals surface area contributed by atoms with Crippen LogP contribution < -0.4 is 10.1 Å². The third-order valence-corrected chi connectivity index (χ3v) is 3.53. The zero-order chi connectivity index (χ0) is 11.5.